The smallest absolute Gasteiger partial charge is 0.234 e. The van der Waals surface area contributed by atoms with Crippen LogP contribution in [-0.2, 0) is 18.4 Å². The standard InChI is InChI=1S/C23H21ClN4O2S/c1-15-19-9-4-3-6-16(19)10-11-20(15)30-13-21-26-27-23(28(21)2)31-14-22(29)25-18-8-5-7-17(24)12-18/h3-12H,13-14H2,1-2H3,(H,25,29). The zero-order chi connectivity index (χ0) is 21.8. The summed E-state index contributed by atoms with van der Waals surface area (Å²) in [5, 5.41) is 14.8. The predicted octanol–water partition coefficient (Wildman–Crippen LogP) is 5.24. The van der Waals surface area contributed by atoms with Gasteiger partial charge in [0.1, 0.15) is 12.4 Å². The molecule has 0 radical (unpaired) electrons. The molecule has 0 spiro atoms. The summed E-state index contributed by atoms with van der Waals surface area (Å²) in [5.41, 5.74) is 1.75. The molecule has 158 valence electrons. The number of anilines is 1. The maximum atomic E-state index is 12.2. The molecule has 0 saturated heterocycles. The maximum Gasteiger partial charge on any atom is 0.234 e. The molecule has 0 bridgehead atoms. The van der Waals surface area contributed by atoms with Crippen molar-refractivity contribution >= 4 is 45.7 Å². The summed E-state index contributed by atoms with van der Waals surface area (Å²) in [6, 6.07) is 19.3. The molecule has 1 heterocycles. The fourth-order valence-corrected chi connectivity index (χ4v) is 4.12. The number of halogens is 1. The number of carbonyl (C=O) groups is 1. The van der Waals surface area contributed by atoms with Crippen LogP contribution in [0.2, 0.25) is 5.02 Å². The van der Waals surface area contributed by atoms with Gasteiger partial charge in [-0.05, 0) is 47.5 Å². The van der Waals surface area contributed by atoms with E-state index >= 15 is 0 Å². The molecule has 1 aromatic heterocycles. The molecule has 31 heavy (non-hydrogen) atoms. The number of hydrogen-bond donors (Lipinski definition) is 1. The van der Waals surface area contributed by atoms with Crippen LogP contribution in [0.3, 0.4) is 0 Å². The van der Waals surface area contributed by atoms with Gasteiger partial charge in [-0.2, -0.15) is 0 Å². The molecule has 6 nitrogen and oxygen atoms in total. The second-order valence-corrected chi connectivity index (χ2v) is 8.38. The zero-order valence-electron chi connectivity index (χ0n) is 17.1. The Bertz CT molecular complexity index is 1240. The van der Waals surface area contributed by atoms with Crippen LogP contribution in [0, 0.1) is 6.92 Å². The highest BCUT2D eigenvalue weighted by atomic mass is 35.5. The Kier molecular flexibility index (Phi) is 6.44. The lowest BCUT2D eigenvalue weighted by Crippen LogP contribution is -2.14. The highest BCUT2D eigenvalue weighted by molar-refractivity contribution is 7.99. The molecule has 8 heteroatoms. The minimum atomic E-state index is -0.139. The average Bonchev–Trinajstić information content (AvgIpc) is 3.11. The number of rotatable bonds is 7. The molecule has 0 aliphatic rings. The summed E-state index contributed by atoms with van der Waals surface area (Å²) in [4.78, 5) is 12.2. The molecule has 0 aliphatic heterocycles. The minimum absolute atomic E-state index is 0.139. The summed E-state index contributed by atoms with van der Waals surface area (Å²) in [6.07, 6.45) is 0. The van der Waals surface area contributed by atoms with E-state index in [1.54, 1.807) is 24.3 Å². The van der Waals surface area contributed by atoms with Gasteiger partial charge in [-0.3, -0.25) is 4.79 Å². The average molecular weight is 453 g/mol. The number of aromatic nitrogens is 3. The maximum absolute atomic E-state index is 12.2. The van der Waals surface area contributed by atoms with E-state index in [0.717, 1.165) is 11.3 Å². The van der Waals surface area contributed by atoms with E-state index in [1.807, 2.05) is 42.8 Å². The van der Waals surface area contributed by atoms with Crippen molar-refractivity contribution in [2.45, 2.75) is 18.7 Å². The lowest BCUT2D eigenvalue weighted by molar-refractivity contribution is -0.113. The van der Waals surface area contributed by atoms with Gasteiger partial charge in [0, 0.05) is 17.8 Å². The summed E-state index contributed by atoms with van der Waals surface area (Å²) < 4.78 is 7.86. The lowest BCUT2D eigenvalue weighted by Gasteiger charge is -2.11. The van der Waals surface area contributed by atoms with Crippen molar-refractivity contribution in [2.24, 2.45) is 7.05 Å². The molecule has 0 atom stereocenters. The second kappa shape index (κ2) is 9.41. The van der Waals surface area contributed by atoms with Crippen molar-refractivity contribution in [1.29, 1.82) is 0 Å². The Morgan fingerprint density at radius 1 is 1.13 bits per heavy atom. The highest BCUT2D eigenvalue weighted by Crippen LogP contribution is 2.28. The molecule has 0 saturated carbocycles. The number of nitrogens with zero attached hydrogens (tertiary/aromatic N) is 3. The van der Waals surface area contributed by atoms with Gasteiger partial charge < -0.3 is 14.6 Å². The first-order chi connectivity index (χ1) is 15.0. The SMILES string of the molecule is Cc1c(OCc2nnc(SCC(=O)Nc3cccc(Cl)c3)n2C)ccc2ccccc12. The van der Waals surface area contributed by atoms with Crippen LogP contribution in [0.4, 0.5) is 5.69 Å². The monoisotopic (exact) mass is 452 g/mol. The lowest BCUT2D eigenvalue weighted by atomic mass is 10.0. The molecule has 1 amide bonds. The van der Waals surface area contributed by atoms with E-state index in [-0.39, 0.29) is 18.3 Å². The Labute approximate surface area is 189 Å². The molecule has 4 rings (SSSR count). The van der Waals surface area contributed by atoms with Crippen LogP contribution in [0.15, 0.2) is 65.8 Å². The topological polar surface area (TPSA) is 69.0 Å². The van der Waals surface area contributed by atoms with E-state index in [4.69, 9.17) is 16.3 Å². The number of carbonyl (C=O) groups excluding carboxylic acids is 1. The van der Waals surface area contributed by atoms with Crippen LogP contribution in [0.1, 0.15) is 11.4 Å². The van der Waals surface area contributed by atoms with E-state index in [2.05, 4.69) is 27.6 Å². The fourth-order valence-electron chi connectivity index (χ4n) is 3.20. The molecule has 4 aromatic rings. The number of ether oxygens (including phenoxy) is 1. The van der Waals surface area contributed by atoms with Gasteiger partial charge in [0.25, 0.3) is 0 Å². The van der Waals surface area contributed by atoms with Crippen molar-refractivity contribution in [1.82, 2.24) is 14.8 Å². The molecule has 0 unspecified atom stereocenters. The first kappa shape index (κ1) is 21.2. The first-order valence-electron chi connectivity index (χ1n) is 9.69. The largest absolute Gasteiger partial charge is 0.485 e. The van der Waals surface area contributed by atoms with E-state index in [9.17, 15) is 4.79 Å². The Morgan fingerprint density at radius 2 is 1.97 bits per heavy atom. The van der Waals surface area contributed by atoms with Crippen molar-refractivity contribution in [3.8, 4) is 5.75 Å². The van der Waals surface area contributed by atoms with Crippen molar-refractivity contribution in [2.75, 3.05) is 11.1 Å². The van der Waals surface area contributed by atoms with Crippen LogP contribution in [0.25, 0.3) is 10.8 Å². The van der Waals surface area contributed by atoms with Gasteiger partial charge in [-0.1, -0.05) is 59.8 Å². The third-order valence-corrected chi connectivity index (χ3v) is 6.13. The predicted molar refractivity (Wildman–Crippen MR) is 125 cm³/mol. The fraction of sp³-hybridized carbons (Fsp3) is 0.174. The summed E-state index contributed by atoms with van der Waals surface area (Å²) >= 11 is 7.26. The number of fused-ring (bicyclic) bond motifs is 1. The first-order valence-corrected chi connectivity index (χ1v) is 11.1. The van der Waals surface area contributed by atoms with Crippen LogP contribution in [0.5, 0.6) is 5.75 Å². The van der Waals surface area contributed by atoms with Crippen molar-refractivity contribution in [3.63, 3.8) is 0 Å². The van der Waals surface area contributed by atoms with Gasteiger partial charge in [0.15, 0.2) is 11.0 Å². The number of benzene rings is 3. The molecule has 0 aliphatic carbocycles. The second-order valence-electron chi connectivity index (χ2n) is 7.00. The molecule has 0 fully saturated rings. The Balaban J connectivity index is 1.36. The third kappa shape index (κ3) is 5.00. The Hall–Kier alpha value is -3.03. The molecular formula is C23H21ClN4O2S. The van der Waals surface area contributed by atoms with Crippen molar-refractivity contribution < 1.29 is 9.53 Å². The normalized spacial score (nSPS) is 10.9. The van der Waals surface area contributed by atoms with Gasteiger partial charge in [0.05, 0.1) is 5.75 Å². The molecular weight excluding hydrogens is 432 g/mol. The summed E-state index contributed by atoms with van der Waals surface area (Å²) in [6.45, 7) is 2.34. The van der Waals surface area contributed by atoms with E-state index in [1.165, 1.54) is 22.5 Å². The van der Waals surface area contributed by atoms with Crippen LogP contribution in [-0.4, -0.2) is 26.4 Å². The van der Waals surface area contributed by atoms with E-state index < -0.39 is 0 Å². The van der Waals surface area contributed by atoms with Gasteiger partial charge in [-0.15, -0.1) is 10.2 Å². The number of nitrogens with one attached hydrogen (secondary N) is 1. The minimum Gasteiger partial charge on any atom is -0.485 e. The number of amides is 1. The number of hydrogen-bond acceptors (Lipinski definition) is 5. The van der Waals surface area contributed by atoms with Gasteiger partial charge in [0.2, 0.25) is 5.91 Å². The van der Waals surface area contributed by atoms with Gasteiger partial charge in [-0.25, -0.2) is 0 Å². The number of aryl methyl sites for hydroxylation is 1. The van der Waals surface area contributed by atoms with Crippen molar-refractivity contribution in [3.05, 3.63) is 77.1 Å². The highest BCUT2D eigenvalue weighted by Gasteiger charge is 2.13. The van der Waals surface area contributed by atoms with Crippen LogP contribution >= 0.6 is 23.4 Å². The molecule has 1 N–H and O–H groups in total. The van der Waals surface area contributed by atoms with Crippen LogP contribution < -0.4 is 10.1 Å². The Morgan fingerprint density at radius 3 is 2.81 bits per heavy atom. The van der Waals surface area contributed by atoms with E-state index in [0.29, 0.717) is 21.7 Å². The third-order valence-electron chi connectivity index (χ3n) is 4.87. The summed E-state index contributed by atoms with van der Waals surface area (Å²) in [7, 11) is 1.86. The zero-order valence-corrected chi connectivity index (χ0v) is 18.7. The van der Waals surface area contributed by atoms with Gasteiger partial charge >= 0.3 is 0 Å². The number of thioether (sulfide) groups is 1. The quantitative estimate of drug-likeness (QED) is 0.388. The summed E-state index contributed by atoms with van der Waals surface area (Å²) in [5.74, 6) is 1.57. The molecule has 3 aromatic carbocycles.